The summed E-state index contributed by atoms with van der Waals surface area (Å²) in [4.78, 5) is 12.4. The zero-order valence-corrected chi connectivity index (χ0v) is 12.4. The van der Waals surface area contributed by atoms with Gasteiger partial charge in [-0.2, -0.15) is 0 Å². The molecule has 2 aliphatic rings. The molecule has 1 atom stereocenters. The second kappa shape index (κ2) is 5.79. The van der Waals surface area contributed by atoms with Crippen molar-refractivity contribution in [2.75, 3.05) is 31.1 Å². The van der Waals surface area contributed by atoms with Crippen molar-refractivity contribution in [1.82, 2.24) is 10.6 Å². The summed E-state index contributed by atoms with van der Waals surface area (Å²) >= 11 is 0. The average Bonchev–Trinajstić information content (AvgIpc) is 2.76. The molecule has 0 aromatic rings. The monoisotopic (exact) mass is 288 g/mol. The minimum absolute atomic E-state index is 0.101. The van der Waals surface area contributed by atoms with Crippen LogP contribution in [0.4, 0.5) is 0 Å². The van der Waals surface area contributed by atoms with Gasteiger partial charge in [0, 0.05) is 6.54 Å². The van der Waals surface area contributed by atoms with Gasteiger partial charge in [0.15, 0.2) is 9.84 Å². The highest BCUT2D eigenvalue weighted by molar-refractivity contribution is 7.91. The van der Waals surface area contributed by atoms with Crippen LogP contribution in [0.15, 0.2) is 0 Å². The first-order valence-electron chi connectivity index (χ1n) is 7.17. The van der Waals surface area contributed by atoms with Gasteiger partial charge in [-0.05, 0) is 44.7 Å². The lowest BCUT2D eigenvalue weighted by atomic mass is 9.76. The Morgan fingerprint density at radius 2 is 2.05 bits per heavy atom. The van der Waals surface area contributed by atoms with E-state index in [2.05, 4.69) is 17.6 Å². The van der Waals surface area contributed by atoms with Crippen LogP contribution in [0.3, 0.4) is 0 Å². The van der Waals surface area contributed by atoms with Gasteiger partial charge in [-0.1, -0.05) is 6.92 Å². The first-order chi connectivity index (χ1) is 8.97. The first-order valence-corrected chi connectivity index (χ1v) is 8.99. The molecule has 2 N–H and O–H groups in total. The van der Waals surface area contributed by atoms with E-state index in [1.165, 1.54) is 0 Å². The summed E-state index contributed by atoms with van der Waals surface area (Å²) in [6.07, 6.45) is 3.28. The number of nitrogens with one attached hydrogen (secondary N) is 2. The van der Waals surface area contributed by atoms with Crippen LogP contribution in [-0.4, -0.2) is 45.5 Å². The lowest BCUT2D eigenvalue weighted by molar-refractivity contribution is -0.133. The van der Waals surface area contributed by atoms with E-state index in [-0.39, 0.29) is 28.7 Å². The number of piperidine rings is 1. The van der Waals surface area contributed by atoms with Gasteiger partial charge >= 0.3 is 0 Å². The number of carbonyl (C=O) groups is 1. The maximum Gasteiger partial charge on any atom is 0.226 e. The number of sulfone groups is 1. The predicted octanol–water partition coefficient (Wildman–Crippen LogP) is 0.317. The molecule has 6 heteroatoms. The molecule has 0 saturated carbocycles. The van der Waals surface area contributed by atoms with Gasteiger partial charge < -0.3 is 10.6 Å². The van der Waals surface area contributed by atoms with Crippen molar-refractivity contribution in [2.45, 2.75) is 32.6 Å². The van der Waals surface area contributed by atoms with Crippen LogP contribution >= 0.6 is 0 Å². The third kappa shape index (κ3) is 3.48. The van der Waals surface area contributed by atoms with Gasteiger partial charge in [0.2, 0.25) is 5.91 Å². The van der Waals surface area contributed by atoms with E-state index < -0.39 is 9.84 Å². The highest BCUT2D eigenvalue weighted by Crippen LogP contribution is 2.32. The first kappa shape index (κ1) is 14.8. The van der Waals surface area contributed by atoms with Crippen LogP contribution in [0, 0.1) is 11.3 Å². The van der Waals surface area contributed by atoms with Crippen molar-refractivity contribution in [3.63, 3.8) is 0 Å². The minimum Gasteiger partial charge on any atom is -0.355 e. The molecule has 110 valence electrons. The van der Waals surface area contributed by atoms with E-state index in [0.717, 1.165) is 32.4 Å². The molecule has 2 rings (SSSR count). The molecule has 0 aliphatic carbocycles. The van der Waals surface area contributed by atoms with Gasteiger partial charge in [-0.25, -0.2) is 8.42 Å². The second-order valence-electron chi connectivity index (χ2n) is 5.86. The highest BCUT2D eigenvalue weighted by atomic mass is 32.2. The Hall–Kier alpha value is -0.620. The molecule has 2 saturated heterocycles. The lowest BCUT2D eigenvalue weighted by Crippen LogP contribution is -2.48. The molecule has 2 fully saturated rings. The zero-order chi connectivity index (χ0) is 13.9. The van der Waals surface area contributed by atoms with Gasteiger partial charge in [-0.3, -0.25) is 4.79 Å². The Morgan fingerprint density at radius 1 is 1.37 bits per heavy atom. The molecule has 0 spiro atoms. The topological polar surface area (TPSA) is 75.3 Å². The molecule has 2 heterocycles. The van der Waals surface area contributed by atoms with E-state index in [9.17, 15) is 13.2 Å². The standard InChI is InChI=1S/C13H24N2O3S/c1-2-13(4-6-14-7-5-13)12(16)15-9-11-3-8-19(17,18)10-11/h11,14H,2-10H2,1H3,(H,15,16). The van der Waals surface area contributed by atoms with Crippen LogP contribution in [0.5, 0.6) is 0 Å². The van der Waals surface area contributed by atoms with Crippen LogP contribution in [0.2, 0.25) is 0 Å². The molecular weight excluding hydrogens is 264 g/mol. The fourth-order valence-corrected chi connectivity index (χ4v) is 4.97. The third-order valence-electron chi connectivity index (χ3n) is 4.60. The van der Waals surface area contributed by atoms with Crippen LogP contribution in [-0.2, 0) is 14.6 Å². The molecule has 19 heavy (non-hydrogen) atoms. The van der Waals surface area contributed by atoms with Gasteiger partial charge in [0.1, 0.15) is 0 Å². The summed E-state index contributed by atoms with van der Waals surface area (Å²) in [5.74, 6) is 0.718. The van der Waals surface area contributed by atoms with E-state index in [1.54, 1.807) is 0 Å². The van der Waals surface area contributed by atoms with E-state index in [0.29, 0.717) is 13.0 Å². The summed E-state index contributed by atoms with van der Waals surface area (Å²) < 4.78 is 22.8. The van der Waals surface area contributed by atoms with Crippen LogP contribution < -0.4 is 10.6 Å². The van der Waals surface area contributed by atoms with Crippen molar-refractivity contribution < 1.29 is 13.2 Å². The van der Waals surface area contributed by atoms with Crippen molar-refractivity contribution in [3.05, 3.63) is 0 Å². The van der Waals surface area contributed by atoms with E-state index in [1.807, 2.05) is 0 Å². The normalized spacial score (nSPS) is 29.0. The molecule has 0 radical (unpaired) electrons. The highest BCUT2D eigenvalue weighted by Gasteiger charge is 2.38. The molecule has 1 unspecified atom stereocenters. The largest absolute Gasteiger partial charge is 0.355 e. The zero-order valence-electron chi connectivity index (χ0n) is 11.6. The number of amides is 1. The van der Waals surface area contributed by atoms with Crippen molar-refractivity contribution in [3.8, 4) is 0 Å². The average molecular weight is 288 g/mol. The number of hydrogen-bond donors (Lipinski definition) is 2. The Morgan fingerprint density at radius 3 is 2.58 bits per heavy atom. The fourth-order valence-electron chi connectivity index (χ4n) is 3.10. The lowest BCUT2D eigenvalue weighted by Gasteiger charge is -2.35. The van der Waals surface area contributed by atoms with Gasteiger partial charge in [0.05, 0.1) is 16.9 Å². The number of rotatable bonds is 4. The molecule has 0 aromatic carbocycles. The quantitative estimate of drug-likeness (QED) is 0.781. The Bertz CT molecular complexity index is 427. The van der Waals surface area contributed by atoms with E-state index in [4.69, 9.17) is 0 Å². The predicted molar refractivity (Wildman–Crippen MR) is 74.6 cm³/mol. The smallest absolute Gasteiger partial charge is 0.226 e. The molecular formula is C13H24N2O3S. The summed E-state index contributed by atoms with van der Waals surface area (Å²) in [6.45, 7) is 4.34. The molecule has 0 aromatic heterocycles. The van der Waals surface area contributed by atoms with Gasteiger partial charge in [-0.15, -0.1) is 0 Å². The number of hydrogen-bond acceptors (Lipinski definition) is 4. The van der Waals surface area contributed by atoms with E-state index >= 15 is 0 Å². The molecule has 5 nitrogen and oxygen atoms in total. The van der Waals surface area contributed by atoms with Gasteiger partial charge in [0.25, 0.3) is 0 Å². The molecule has 0 bridgehead atoms. The van der Waals surface area contributed by atoms with Crippen molar-refractivity contribution >= 4 is 15.7 Å². The van der Waals surface area contributed by atoms with Crippen LogP contribution in [0.1, 0.15) is 32.6 Å². The van der Waals surface area contributed by atoms with Crippen molar-refractivity contribution in [1.29, 1.82) is 0 Å². The number of carbonyl (C=O) groups excluding carboxylic acids is 1. The SMILES string of the molecule is CCC1(C(=O)NCC2CCS(=O)(=O)C2)CCNCC1. The molecule has 2 aliphatic heterocycles. The summed E-state index contributed by atoms with van der Waals surface area (Å²) in [5, 5.41) is 6.27. The second-order valence-corrected chi connectivity index (χ2v) is 8.09. The summed E-state index contributed by atoms with van der Waals surface area (Å²) in [6, 6.07) is 0. The molecule has 1 amide bonds. The maximum absolute atomic E-state index is 12.4. The Balaban J connectivity index is 1.86. The Labute approximate surface area is 115 Å². The summed E-state index contributed by atoms with van der Waals surface area (Å²) in [7, 11) is -2.85. The summed E-state index contributed by atoms with van der Waals surface area (Å²) in [5.41, 5.74) is -0.247. The van der Waals surface area contributed by atoms with Crippen molar-refractivity contribution in [2.24, 2.45) is 11.3 Å². The third-order valence-corrected chi connectivity index (χ3v) is 6.43. The maximum atomic E-state index is 12.4. The Kier molecular flexibility index (Phi) is 4.50. The fraction of sp³-hybridized carbons (Fsp3) is 0.923. The van der Waals surface area contributed by atoms with Crippen LogP contribution in [0.25, 0.3) is 0 Å². The minimum atomic E-state index is -2.85.